The van der Waals surface area contributed by atoms with Crippen LogP contribution in [0.5, 0.6) is 0 Å². The predicted octanol–water partition coefficient (Wildman–Crippen LogP) is 3.12. The summed E-state index contributed by atoms with van der Waals surface area (Å²) in [6, 6.07) is 2.39. The average molecular weight is 172 g/mol. The minimum absolute atomic E-state index is 0.839. The second-order valence-corrected chi connectivity index (χ2v) is 6.84. The standard InChI is InChI=1S/C9H20OSi/c1-5-9-11(7-3,8-4)10-6-2/h7H,3,5-6,8-9H2,1-2,4H3. The van der Waals surface area contributed by atoms with Crippen molar-refractivity contribution in [3.05, 3.63) is 12.3 Å². The fourth-order valence-electron chi connectivity index (χ4n) is 1.37. The third kappa shape index (κ3) is 3.21. The van der Waals surface area contributed by atoms with Crippen molar-refractivity contribution in [3.63, 3.8) is 0 Å². The molecule has 0 heterocycles. The van der Waals surface area contributed by atoms with Crippen molar-refractivity contribution in [1.29, 1.82) is 0 Å². The van der Waals surface area contributed by atoms with Gasteiger partial charge in [-0.15, -0.1) is 6.58 Å². The zero-order valence-electron chi connectivity index (χ0n) is 8.02. The first-order valence-electron chi connectivity index (χ1n) is 4.52. The van der Waals surface area contributed by atoms with Gasteiger partial charge in [0.05, 0.1) is 0 Å². The van der Waals surface area contributed by atoms with Gasteiger partial charge in [-0.05, 0) is 19.0 Å². The molecule has 1 unspecified atom stereocenters. The molecule has 0 aromatic heterocycles. The van der Waals surface area contributed by atoms with Crippen molar-refractivity contribution in [2.24, 2.45) is 0 Å². The second-order valence-electron chi connectivity index (χ2n) is 2.81. The topological polar surface area (TPSA) is 9.23 Å². The third-order valence-electron chi connectivity index (χ3n) is 2.08. The fourth-order valence-corrected chi connectivity index (χ4v) is 4.10. The highest BCUT2D eigenvalue weighted by molar-refractivity contribution is 6.78. The van der Waals surface area contributed by atoms with Gasteiger partial charge in [0, 0.05) is 6.61 Å². The Bertz CT molecular complexity index is 106. The van der Waals surface area contributed by atoms with Gasteiger partial charge in [-0.2, -0.15) is 0 Å². The summed E-state index contributed by atoms with van der Waals surface area (Å²) in [4.78, 5) is 0. The van der Waals surface area contributed by atoms with Crippen LogP contribution in [-0.2, 0) is 4.43 Å². The normalized spacial score (nSPS) is 15.9. The molecule has 2 heteroatoms. The zero-order valence-corrected chi connectivity index (χ0v) is 9.02. The van der Waals surface area contributed by atoms with Gasteiger partial charge in [-0.25, -0.2) is 0 Å². The maximum Gasteiger partial charge on any atom is 0.216 e. The summed E-state index contributed by atoms with van der Waals surface area (Å²) in [6.45, 7) is 11.2. The molecule has 0 aliphatic heterocycles. The van der Waals surface area contributed by atoms with Crippen LogP contribution in [0.15, 0.2) is 12.3 Å². The lowest BCUT2D eigenvalue weighted by atomic mass is 10.6. The minimum atomic E-state index is -1.48. The molecule has 0 amide bonds. The highest BCUT2D eigenvalue weighted by atomic mass is 28.4. The largest absolute Gasteiger partial charge is 0.413 e. The number of hydrogen-bond donors (Lipinski definition) is 0. The molecule has 11 heavy (non-hydrogen) atoms. The molecular formula is C9H20OSi. The summed E-state index contributed by atoms with van der Waals surface area (Å²) < 4.78 is 5.79. The van der Waals surface area contributed by atoms with Crippen LogP contribution in [0, 0.1) is 0 Å². The molecule has 0 bridgehead atoms. The number of hydrogen-bond acceptors (Lipinski definition) is 1. The van der Waals surface area contributed by atoms with E-state index in [2.05, 4.69) is 33.0 Å². The van der Waals surface area contributed by atoms with E-state index in [9.17, 15) is 0 Å². The van der Waals surface area contributed by atoms with Crippen molar-refractivity contribution < 1.29 is 4.43 Å². The highest BCUT2D eigenvalue weighted by Crippen LogP contribution is 2.19. The Hall–Kier alpha value is -0.0831. The lowest BCUT2D eigenvalue weighted by Crippen LogP contribution is -2.34. The van der Waals surface area contributed by atoms with E-state index in [4.69, 9.17) is 4.43 Å². The molecule has 1 atom stereocenters. The van der Waals surface area contributed by atoms with Gasteiger partial charge < -0.3 is 4.43 Å². The Morgan fingerprint density at radius 2 is 2.00 bits per heavy atom. The maximum absolute atomic E-state index is 5.79. The number of rotatable bonds is 6. The van der Waals surface area contributed by atoms with Crippen molar-refractivity contribution in [3.8, 4) is 0 Å². The highest BCUT2D eigenvalue weighted by Gasteiger charge is 2.27. The molecule has 0 radical (unpaired) electrons. The molecule has 0 rings (SSSR count). The summed E-state index contributed by atoms with van der Waals surface area (Å²) >= 11 is 0. The molecule has 0 saturated carbocycles. The van der Waals surface area contributed by atoms with Crippen LogP contribution >= 0.6 is 0 Å². The van der Waals surface area contributed by atoms with Gasteiger partial charge in [0.1, 0.15) is 0 Å². The van der Waals surface area contributed by atoms with Gasteiger partial charge in [-0.1, -0.05) is 26.0 Å². The first-order valence-corrected chi connectivity index (χ1v) is 6.92. The van der Waals surface area contributed by atoms with Crippen LogP contribution in [0.4, 0.5) is 0 Å². The maximum atomic E-state index is 5.79. The van der Waals surface area contributed by atoms with Crippen molar-refractivity contribution >= 4 is 8.32 Å². The molecule has 0 aliphatic carbocycles. The van der Waals surface area contributed by atoms with Gasteiger partial charge in [0.15, 0.2) is 0 Å². The average Bonchev–Trinajstić information content (AvgIpc) is 2.04. The smallest absolute Gasteiger partial charge is 0.216 e. The Morgan fingerprint density at radius 3 is 2.27 bits per heavy atom. The van der Waals surface area contributed by atoms with E-state index in [1.807, 2.05) is 0 Å². The molecule has 1 nitrogen and oxygen atoms in total. The summed E-state index contributed by atoms with van der Waals surface area (Å²) in [5.41, 5.74) is 2.08. The first-order chi connectivity index (χ1) is 5.24. The Labute approximate surface area is 71.6 Å². The van der Waals surface area contributed by atoms with Crippen LogP contribution in [0.3, 0.4) is 0 Å². The summed E-state index contributed by atoms with van der Waals surface area (Å²) in [7, 11) is -1.48. The molecule has 0 aromatic rings. The SMILES string of the molecule is C=C[Si](CC)(CCC)OCC. The molecule has 0 aromatic carbocycles. The van der Waals surface area contributed by atoms with Crippen LogP contribution in [0.25, 0.3) is 0 Å². The Morgan fingerprint density at radius 1 is 1.36 bits per heavy atom. The van der Waals surface area contributed by atoms with E-state index >= 15 is 0 Å². The molecule has 0 N–H and O–H groups in total. The monoisotopic (exact) mass is 172 g/mol. The van der Waals surface area contributed by atoms with Gasteiger partial charge in [0.25, 0.3) is 0 Å². The third-order valence-corrected chi connectivity index (χ3v) is 6.23. The van der Waals surface area contributed by atoms with E-state index in [0.29, 0.717) is 0 Å². The summed E-state index contributed by atoms with van der Waals surface area (Å²) in [5.74, 6) is 0. The van der Waals surface area contributed by atoms with E-state index in [0.717, 1.165) is 12.7 Å². The fraction of sp³-hybridized carbons (Fsp3) is 0.778. The molecule has 0 fully saturated rings. The molecule has 66 valence electrons. The van der Waals surface area contributed by atoms with Crippen molar-refractivity contribution in [2.45, 2.75) is 39.3 Å². The van der Waals surface area contributed by atoms with Crippen LogP contribution in [-0.4, -0.2) is 14.9 Å². The molecular weight excluding hydrogens is 152 g/mol. The van der Waals surface area contributed by atoms with Gasteiger partial charge in [0.2, 0.25) is 8.32 Å². The Kier molecular flexibility index (Phi) is 5.51. The quantitative estimate of drug-likeness (QED) is 0.559. The molecule has 0 saturated heterocycles. The van der Waals surface area contributed by atoms with E-state index in [1.165, 1.54) is 12.5 Å². The zero-order chi connectivity index (χ0) is 8.74. The van der Waals surface area contributed by atoms with Gasteiger partial charge >= 0.3 is 0 Å². The van der Waals surface area contributed by atoms with Gasteiger partial charge in [-0.3, -0.25) is 0 Å². The van der Waals surface area contributed by atoms with E-state index in [1.54, 1.807) is 0 Å². The molecule has 0 spiro atoms. The minimum Gasteiger partial charge on any atom is -0.413 e. The van der Waals surface area contributed by atoms with Crippen LogP contribution in [0.2, 0.25) is 12.1 Å². The molecule has 0 aliphatic rings. The van der Waals surface area contributed by atoms with Crippen molar-refractivity contribution in [2.75, 3.05) is 6.61 Å². The van der Waals surface area contributed by atoms with Crippen LogP contribution < -0.4 is 0 Å². The summed E-state index contributed by atoms with van der Waals surface area (Å²) in [6.07, 6.45) is 1.21. The Balaban J connectivity index is 4.07. The van der Waals surface area contributed by atoms with E-state index in [-0.39, 0.29) is 0 Å². The van der Waals surface area contributed by atoms with E-state index < -0.39 is 8.32 Å². The lowest BCUT2D eigenvalue weighted by Gasteiger charge is -2.25. The lowest BCUT2D eigenvalue weighted by molar-refractivity contribution is 0.328. The predicted molar refractivity (Wildman–Crippen MR) is 53.2 cm³/mol. The second kappa shape index (κ2) is 5.55. The first kappa shape index (κ1) is 10.9. The van der Waals surface area contributed by atoms with Crippen molar-refractivity contribution in [1.82, 2.24) is 0 Å². The summed E-state index contributed by atoms with van der Waals surface area (Å²) in [5, 5.41) is 0. The van der Waals surface area contributed by atoms with Crippen LogP contribution in [0.1, 0.15) is 27.2 Å².